The van der Waals surface area contributed by atoms with Crippen molar-refractivity contribution in [1.29, 1.82) is 0 Å². The van der Waals surface area contributed by atoms with Crippen LogP contribution < -0.4 is 15.0 Å². The average Bonchev–Trinajstić information content (AvgIpc) is 3.60. The van der Waals surface area contributed by atoms with E-state index in [2.05, 4.69) is 60.3 Å². The van der Waals surface area contributed by atoms with Gasteiger partial charge in [-0.25, -0.2) is 4.98 Å². The average molecular weight is 521 g/mol. The number of carbonyl (C=O) groups is 1. The monoisotopic (exact) mass is 520 g/mol. The molecule has 1 aliphatic rings. The fraction of sp³-hybridized carbons (Fsp3) is 0.467. The summed E-state index contributed by atoms with van der Waals surface area (Å²) in [7, 11) is 1.68. The molecule has 1 N–H and O–H groups in total. The van der Waals surface area contributed by atoms with Crippen LogP contribution in [0.5, 0.6) is 5.75 Å². The second-order valence-corrected chi connectivity index (χ2v) is 11.3. The zero-order valence-corrected chi connectivity index (χ0v) is 23.6. The quantitative estimate of drug-likeness (QED) is 0.296. The summed E-state index contributed by atoms with van der Waals surface area (Å²) < 4.78 is 5.30. The molecule has 0 saturated heterocycles. The summed E-state index contributed by atoms with van der Waals surface area (Å²) in [6.45, 7) is 12.4. The molecule has 1 amide bonds. The number of carbonyl (C=O) groups excluding carboxylic acids is 1. The van der Waals surface area contributed by atoms with Crippen LogP contribution in [0.1, 0.15) is 56.5 Å². The van der Waals surface area contributed by atoms with Gasteiger partial charge in [-0.3, -0.25) is 9.69 Å². The van der Waals surface area contributed by atoms with Crippen LogP contribution in [0.2, 0.25) is 0 Å². The molecule has 7 heteroatoms. The number of thiazole rings is 1. The number of methoxy groups -OCH3 is 1. The van der Waals surface area contributed by atoms with E-state index >= 15 is 0 Å². The summed E-state index contributed by atoms with van der Waals surface area (Å²) in [5.74, 6) is 1.53. The van der Waals surface area contributed by atoms with E-state index in [9.17, 15) is 4.79 Å². The lowest BCUT2D eigenvalue weighted by Gasteiger charge is -2.33. The second kappa shape index (κ2) is 12.6. The summed E-state index contributed by atoms with van der Waals surface area (Å²) in [4.78, 5) is 22.4. The molecule has 3 aromatic rings. The van der Waals surface area contributed by atoms with Crippen LogP contribution >= 0.6 is 11.3 Å². The van der Waals surface area contributed by atoms with Crippen molar-refractivity contribution in [3.05, 3.63) is 65.0 Å². The first-order chi connectivity index (χ1) is 17.8. The number of ether oxygens (including phenoxy) is 1. The Morgan fingerprint density at radius 2 is 1.70 bits per heavy atom. The molecule has 1 aliphatic carbocycles. The van der Waals surface area contributed by atoms with E-state index in [4.69, 9.17) is 9.72 Å². The predicted octanol–water partition coefficient (Wildman–Crippen LogP) is 6.08. The minimum atomic E-state index is 0.0175. The van der Waals surface area contributed by atoms with Gasteiger partial charge >= 0.3 is 0 Å². The van der Waals surface area contributed by atoms with Crippen LogP contribution in [-0.2, 0) is 6.54 Å². The maximum Gasteiger partial charge on any atom is 0.251 e. The van der Waals surface area contributed by atoms with Crippen LogP contribution in [0.15, 0.2) is 53.9 Å². The lowest BCUT2D eigenvalue weighted by atomic mass is 10.1. The Bertz CT molecular complexity index is 1130. The highest BCUT2D eigenvalue weighted by atomic mass is 32.1. The van der Waals surface area contributed by atoms with Gasteiger partial charge in [0.25, 0.3) is 5.91 Å². The normalized spacial score (nSPS) is 13.4. The Kier molecular flexibility index (Phi) is 9.22. The van der Waals surface area contributed by atoms with E-state index in [-0.39, 0.29) is 5.91 Å². The Morgan fingerprint density at radius 1 is 1.03 bits per heavy atom. The number of benzene rings is 2. The van der Waals surface area contributed by atoms with Crippen molar-refractivity contribution in [3.63, 3.8) is 0 Å². The van der Waals surface area contributed by atoms with Gasteiger partial charge in [0.05, 0.1) is 12.8 Å². The van der Waals surface area contributed by atoms with Gasteiger partial charge in [0.2, 0.25) is 0 Å². The fourth-order valence-corrected chi connectivity index (χ4v) is 5.40. The molecule has 0 radical (unpaired) electrons. The van der Waals surface area contributed by atoms with Gasteiger partial charge in [0.15, 0.2) is 5.13 Å². The second-order valence-electron chi connectivity index (χ2n) is 10.4. The smallest absolute Gasteiger partial charge is 0.251 e. The van der Waals surface area contributed by atoms with E-state index in [1.807, 2.05) is 36.4 Å². The largest absolute Gasteiger partial charge is 0.497 e. The number of rotatable bonds is 13. The maximum absolute atomic E-state index is 12.5. The number of anilines is 1. The first kappa shape index (κ1) is 27.1. The highest BCUT2D eigenvalue weighted by Gasteiger charge is 2.22. The Morgan fingerprint density at radius 3 is 2.30 bits per heavy atom. The number of hydrogen-bond donors (Lipinski definition) is 1. The first-order valence-electron chi connectivity index (χ1n) is 13.3. The topological polar surface area (TPSA) is 57.7 Å². The maximum atomic E-state index is 12.5. The van der Waals surface area contributed by atoms with Gasteiger partial charge < -0.3 is 15.0 Å². The molecular weight excluding hydrogens is 480 g/mol. The lowest BCUT2D eigenvalue weighted by molar-refractivity contribution is 0.0952. The van der Waals surface area contributed by atoms with Gasteiger partial charge in [0, 0.05) is 54.8 Å². The molecule has 1 heterocycles. The van der Waals surface area contributed by atoms with Gasteiger partial charge in [-0.05, 0) is 88.4 Å². The third kappa shape index (κ3) is 7.55. The molecule has 0 unspecified atom stereocenters. The fourth-order valence-electron chi connectivity index (χ4n) is 4.54. The number of nitrogens with one attached hydrogen (secondary N) is 1. The van der Waals surface area contributed by atoms with Crippen molar-refractivity contribution < 1.29 is 9.53 Å². The van der Waals surface area contributed by atoms with Crippen molar-refractivity contribution in [2.45, 2.75) is 59.2 Å². The Labute approximate surface area is 225 Å². The summed E-state index contributed by atoms with van der Waals surface area (Å²) in [6.07, 6.45) is 2.47. The highest BCUT2D eigenvalue weighted by molar-refractivity contribution is 7.14. The molecule has 1 fully saturated rings. The van der Waals surface area contributed by atoms with E-state index in [0.717, 1.165) is 53.9 Å². The van der Waals surface area contributed by atoms with Gasteiger partial charge in [-0.1, -0.05) is 12.1 Å². The zero-order valence-electron chi connectivity index (χ0n) is 22.7. The van der Waals surface area contributed by atoms with E-state index < -0.39 is 0 Å². The third-order valence-electron chi connectivity index (χ3n) is 6.94. The molecule has 0 bridgehead atoms. The van der Waals surface area contributed by atoms with Gasteiger partial charge in [0.1, 0.15) is 5.75 Å². The van der Waals surface area contributed by atoms with Crippen molar-refractivity contribution in [2.24, 2.45) is 5.92 Å². The van der Waals surface area contributed by atoms with Crippen molar-refractivity contribution in [1.82, 2.24) is 15.2 Å². The predicted molar refractivity (Wildman–Crippen MR) is 154 cm³/mol. The molecule has 1 saturated carbocycles. The van der Waals surface area contributed by atoms with Crippen molar-refractivity contribution in [3.8, 4) is 17.0 Å². The molecular formula is C30H40N4O2S. The molecule has 1 aromatic heterocycles. The zero-order chi connectivity index (χ0) is 26.4. The highest BCUT2D eigenvalue weighted by Crippen LogP contribution is 2.30. The van der Waals surface area contributed by atoms with Gasteiger partial charge in [-0.15, -0.1) is 11.3 Å². The molecule has 0 atom stereocenters. The number of nitrogens with zero attached hydrogens (tertiary/aromatic N) is 3. The number of amides is 1. The molecule has 4 rings (SSSR count). The summed E-state index contributed by atoms with van der Waals surface area (Å²) >= 11 is 1.67. The van der Waals surface area contributed by atoms with Crippen LogP contribution in [0.3, 0.4) is 0 Å². The molecule has 0 aliphatic heterocycles. The molecule has 37 heavy (non-hydrogen) atoms. The summed E-state index contributed by atoms with van der Waals surface area (Å²) in [5.41, 5.74) is 3.94. The number of aromatic nitrogens is 1. The van der Waals surface area contributed by atoms with Gasteiger partial charge in [-0.2, -0.15) is 0 Å². The van der Waals surface area contributed by atoms with Crippen LogP contribution in [0, 0.1) is 5.92 Å². The first-order valence-corrected chi connectivity index (χ1v) is 14.2. The SMILES string of the molecule is COc1ccc(-c2csc(N(CCN(C(C)C)C(C)C)Cc3ccc(C(=O)NCC4CC4)cc3)n2)cc1. The Hall–Kier alpha value is -2.90. The lowest BCUT2D eigenvalue weighted by Crippen LogP contribution is -2.42. The van der Waals surface area contributed by atoms with Crippen LogP contribution in [-0.4, -0.2) is 54.6 Å². The third-order valence-corrected chi connectivity index (χ3v) is 7.84. The molecule has 198 valence electrons. The Balaban J connectivity index is 1.49. The molecule has 2 aromatic carbocycles. The standard InChI is InChI=1S/C30H40N4O2S/c1-21(2)34(22(3)4)17-16-33(30-32-28(20-37-30)25-12-14-27(36-5)15-13-25)19-24-8-10-26(11-9-24)29(35)31-18-23-6-7-23/h8-15,20-23H,6-7,16-19H2,1-5H3,(H,31,35). The van der Waals surface area contributed by atoms with E-state index in [0.29, 0.717) is 18.0 Å². The van der Waals surface area contributed by atoms with Crippen LogP contribution in [0.25, 0.3) is 11.3 Å². The molecule has 0 spiro atoms. The minimum Gasteiger partial charge on any atom is -0.497 e. The minimum absolute atomic E-state index is 0.0175. The summed E-state index contributed by atoms with van der Waals surface area (Å²) in [6, 6.07) is 17.0. The van der Waals surface area contributed by atoms with E-state index in [1.165, 1.54) is 18.4 Å². The summed E-state index contributed by atoms with van der Waals surface area (Å²) in [5, 5.41) is 6.18. The van der Waals surface area contributed by atoms with Crippen molar-refractivity contribution >= 4 is 22.4 Å². The van der Waals surface area contributed by atoms with Crippen molar-refractivity contribution in [2.75, 3.05) is 31.6 Å². The van der Waals surface area contributed by atoms with E-state index in [1.54, 1.807) is 18.4 Å². The number of hydrogen-bond acceptors (Lipinski definition) is 6. The molecule has 6 nitrogen and oxygen atoms in total. The van der Waals surface area contributed by atoms with Crippen LogP contribution in [0.4, 0.5) is 5.13 Å².